The molecular formula is C24H22ClFN4O4. The van der Waals surface area contributed by atoms with E-state index in [-0.39, 0.29) is 11.4 Å². The number of hydrogen-bond acceptors (Lipinski definition) is 7. The van der Waals surface area contributed by atoms with Crippen molar-refractivity contribution in [1.29, 1.82) is 0 Å². The summed E-state index contributed by atoms with van der Waals surface area (Å²) in [5, 5.41) is 12.4. The van der Waals surface area contributed by atoms with Crippen LogP contribution in [0.4, 0.5) is 15.9 Å². The van der Waals surface area contributed by atoms with Crippen molar-refractivity contribution in [2.45, 2.75) is 25.7 Å². The van der Waals surface area contributed by atoms with Gasteiger partial charge in [-0.3, -0.25) is 10.0 Å². The number of methoxy groups -OCH3 is 1. The van der Waals surface area contributed by atoms with E-state index in [9.17, 15) is 9.18 Å². The zero-order chi connectivity index (χ0) is 24.1. The van der Waals surface area contributed by atoms with Crippen molar-refractivity contribution in [1.82, 2.24) is 15.4 Å². The van der Waals surface area contributed by atoms with Gasteiger partial charge < -0.3 is 14.5 Å². The van der Waals surface area contributed by atoms with Gasteiger partial charge in [0, 0.05) is 30.0 Å². The normalized spacial score (nSPS) is 10.9. The minimum Gasteiger partial charge on any atom is -0.496 e. The lowest BCUT2D eigenvalue weighted by molar-refractivity contribution is -0.129. The third kappa shape index (κ3) is 5.27. The van der Waals surface area contributed by atoms with Crippen molar-refractivity contribution in [2.24, 2.45) is 0 Å². The van der Waals surface area contributed by atoms with Gasteiger partial charge >= 0.3 is 0 Å². The fraction of sp³-hybridized carbons (Fsp3) is 0.208. The lowest BCUT2D eigenvalue weighted by Crippen LogP contribution is -2.17. The smallest absolute Gasteiger partial charge is 0.243 e. The molecule has 4 rings (SSSR count). The van der Waals surface area contributed by atoms with E-state index in [0.29, 0.717) is 46.8 Å². The molecule has 0 fully saturated rings. The van der Waals surface area contributed by atoms with Crippen LogP contribution >= 0.6 is 11.6 Å². The Hall–Kier alpha value is -3.69. The summed E-state index contributed by atoms with van der Waals surface area (Å²) >= 11 is 5.91. The molecule has 10 heteroatoms. The number of carbonyl (C=O) groups excluding carboxylic acids is 1. The molecule has 0 saturated carbocycles. The number of hydrogen-bond donors (Lipinski definition) is 3. The Balaban J connectivity index is 1.61. The number of ether oxygens (including phenoxy) is 1. The number of benzene rings is 2. The van der Waals surface area contributed by atoms with Crippen molar-refractivity contribution in [3.8, 4) is 17.1 Å². The van der Waals surface area contributed by atoms with Crippen molar-refractivity contribution in [3.05, 3.63) is 65.4 Å². The van der Waals surface area contributed by atoms with Gasteiger partial charge in [0.05, 0.1) is 23.2 Å². The average Bonchev–Trinajstić information content (AvgIpc) is 3.32. The van der Waals surface area contributed by atoms with Gasteiger partial charge in [0.15, 0.2) is 0 Å². The van der Waals surface area contributed by atoms with E-state index in [1.54, 1.807) is 24.7 Å². The molecule has 0 aliphatic rings. The highest BCUT2D eigenvalue weighted by Crippen LogP contribution is 2.37. The molecule has 176 valence electrons. The van der Waals surface area contributed by atoms with E-state index in [4.69, 9.17) is 26.0 Å². The van der Waals surface area contributed by atoms with Gasteiger partial charge in [0.1, 0.15) is 35.2 Å². The quantitative estimate of drug-likeness (QED) is 0.160. The Kier molecular flexibility index (Phi) is 7.24. The molecule has 0 spiro atoms. The van der Waals surface area contributed by atoms with Crippen molar-refractivity contribution in [3.63, 3.8) is 0 Å². The molecule has 0 unspecified atom stereocenters. The summed E-state index contributed by atoms with van der Waals surface area (Å²) < 4.78 is 25.1. The lowest BCUT2D eigenvalue weighted by Gasteiger charge is -2.12. The van der Waals surface area contributed by atoms with Crippen LogP contribution in [-0.2, 0) is 11.2 Å². The van der Waals surface area contributed by atoms with Crippen LogP contribution in [-0.4, -0.2) is 28.2 Å². The van der Waals surface area contributed by atoms with Crippen LogP contribution < -0.4 is 15.5 Å². The van der Waals surface area contributed by atoms with Crippen molar-refractivity contribution in [2.75, 3.05) is 12.4 Å². The second-order valence-corrected chi connectivity index (χ2v) is 7.96. The summed E-state index contributed by atoms with van der Waals surface area (Å²) in [5.41, 5.74) is 3.58. The molecule has 2 aromatic heterocycles. The van der Waals surface area contributed by atoms with Gasteiger partial charge in [-0.2, -0.15) is 0 Å². The van der Waals surface area contributed by atoms with Crippen LogP contribution in [0.3, 0.4) is 0 Å². The van der Waals surface area contributed by atoms with E-state index in [1.807, 2.05) is 18.2 Å². The Morgan fingerprint density at radius 3 is 2.79 bits per heavy atom. The number of hydroxylamine groups is 1. The summed E-state index contributed by atoms with van der Waals surface area (Å²) in [6, 6.07) is 11.7. The summed E-state index contributed by atoms with van der Waals surface area (Å²) in [5.74, 6) is 1.58. The van der Waals surface area contributed by atoms with E-state index in [0.717, 1.165) is 17.7 Å². The van der Waals surface area contributed by atoms with Crippen LogP contribution in [0, 0.1) is 5.82 Å². The highest BCUT2D eigenvalue weighted by atomic mass is 35.5. The third-order valence-corrected chi connectivity index (χ3v) is 5.56. The summed E-state index contributed by atoms with van der Waals surface area (Å²) in [7, 11) is 1.57. The Morgan fingerprint density at radius 1 is 1.18 bits per heavy atom. The molecule has 0 aliphatic carbocycles. The molecule has 0 radical (unpaired) electrons. The van der Waals surface area contributed by atoms with Crippen LogP contribution in [0.25, 0.3) is 22.2 Å². The van der Waals surface area contributed by atoms with Gasteiger partial charge in [-0.15, -0.1) is 0 Å². The van der Waals surface area contributed by atoms with E-state index in [2.05, 4.69) is 15.3 Å². The van der Waals surface area contributed by atoms with Crippen LogP contribution in [0.1, 0.15) is 25.0 Å². The molecule has 34 heavy (non-hydrogen) atoms. The second-order valence-electron chi connectivity index (χ2n) is 7.55. The van der Waals surface area contributed by atoms with Crippen LogP contribution in [0.2, 0.25) is 5.02 Å². The second kappa shape index (κ2) is 10.5. The average molecular weight is 485 g/mol. The Bertz CT molecular complexity index is 1330. The number of aromatic nitrogens is 2. The molecule has 0 atom stereocenters. The first-order valence-electron chi connectivity index (χ1n) is 10.6. The first-order valence-corrected chi connectivity index (χ1v) is 10.9. The first kappa shape index (κ1) is 23.5. The molecule has 0 saturated heterocycles. The summed E-state index contributed by atoms with van der Waals surface area (Å²) in [6.45, 7) is 0. The van der Waals surface area contributed by atoms with Gasteiger partial charge in [-0.1, -0.05) is 11.6 Å². The SMILES string of the molecule is COc1cc2ncnc(Nc3ccc(F)c(Cl)c3)c2cc1-c1ccc(CCCCC(=O)NO)o1. The number of halogens is 2. The van der Waals surface area contributed by atoms with Crippen molar-refractivity contribution >= 4 is 39.9 Å². The number of fused-ring (bicyclic) bond motifs is 1. The van der Waals surface area contributed by atoms with Crippen LogP contribution in [0.5, 0.6) is 5.75 Å². The largest absolute Gasteiger partial charge is 0.496 e. The predicted molar refractivity (Wildman–Crippen MR) is 126 cm³/mol. The minimum absolute atomic E-state index is 0.00539. The number of rotatable bonds is 9. The van der Waals surface area contributed by atoms with Crippen molar-refractivity contribution < 1.29 is 23.5 Å². The molecule has 2 heterocycles. The Morgan fingerprint density at radius 2 is 2.03 bits per heavy atom. The maximum Gasteiger partial charge on any atom is 0.243 e. The molecule has 0 bridgehead atoms. The van der Waals surface area contributed by atoms with Gasteiger partial charge in [-0.25, -0.2) is 19.8 Å². The van der Waals surface area contributed by atoms with Gasteiger partial charge in [0.25, 0.3) is 0 Å². The van der Waals surface area contributed by atoms with E-state index < -0.39 is 11.7 Å². The molecule has 2 aromatic carbocycles. The number of nitrogens with one attached hydrogen (secondary N) is 2. The predicted octanol–water partition coefficient (Wildman–Crippen LogP) is 5.65. The highest BCUT2D eigenvalue weighted by Gasteiger charge is 2.16. The molecule has 8 nitrogen and oxygen atoms in total. The summed E-state index contributed by atoms with van der Waals surface area (Å²) in [4.78, 5) is 19.8. The lowest BCUT2D eigenvalue weighted by atomic mass is 10.1. The standard InChI is InChI=1S/C24H22ClFN4O4/c1-33-22-12-20-16(24(28-13-27-20)29-14-6-8-19(26)18(25)10-14)11-17(22)21-9-7-15(34-21)4-2-3-5-23(31)30-32/h6-13,32H,2-5H2,1H3,(H,30,31)(H,27,28,29). The number of nitrogens with zero attached hydrogens (tertiary/aromatic N) is 2. The minimum atomic E-state index is -0.503. The number of aryl methyl sites for hydroxylation is 1. The van der Waals surface area contributed by atoms with Crippen LogP contribution in [0.15, 0.2) is 53.2 Å². The number of unbranched alkanes of at least 4 members (excludes halogenated alkanes) is 1. The Labute approximate surface area is 199 Å². The molecule has 4 aromatic rings. The van der Waals surface area contributed by atoms with E-state index >= 15 is 0 Å². The summed E-state index contributed by atoms with van der Waals surface area (Å²) in [6.07, 6.45) is 3.68. The first-order chi connectivity index (χ1) is 16.5. The maximum atomic E-state index is 13.5. The monoisotopic (exact) mass is 484 g/mol. The number of carbonyl (C=O) groups is 1. The number of amides is 1. The maximum absolute atomic E-state index is 13.5. The zero-order valence-corrected chi connectivity index (χ0v) is 19.0. The molecular weight excluding hydrogens is 463 g/mol. The fourth-order valence-corrected chi connectivity index (χ4v) is 3.73. The molecule has 1 amide bonds. The third-order valence-electron chi connectivity index (χ3n) is 5.27. The molecule has 3 N–H and O–H groups in total. The fourth-order valence-electron chi connectivity index (χ4n) is 3.55. The zero-order valence-electron chi connectivity index (χ0n) is 18.3. The van der Waals surface area contributed by atoms with Gasteiger partial charge in [-0.05, 0) is 49.2 Å². The highest BCUT2D eigenvalue weighted by molar-refractivity contribution is 6.31. The van der Waals surface area contributed by atoms with E-state index in [1.165, 1.54) is 18.5 Å². The molecule has 0 aliphatic heterocycles. The number of anilines is 2. The van der Waals surface area contributed by atoms with Gasteiger partial charge in [0.2, 0.25) is 5.91 Å². The number of furan rings is 1. The topological polar surface area (TPSA) is 110 Å².